The molecule has 5 heterocycles. The highest BCUT2D eigenvalue weighted by Gasteiger charge is 2.23. The number of nitrogens with zero attached hydrogens (tertiary/aromatic N) is 2. The van der Waals surface area contributed by atoms with Crippen molar-refractivity contribution in [1.82, 2.24) is 19.9 Å². The number of ether oxygens (including phenoxy) is 6. The molecule has 2 aliphatic rings. The standard InChI is InChI=1S/C38H34N4O6/c1-43-25-17-31(45-3)37(32(18-25)46-4)35-27-11-7-21(39-27)15-23-9-13-29(41-23)36(38-33(47-5)19-26(44-2)20-34(38)48-6)30-14-10-24(42-30)16-22-8-12-28(35)40-22/h7-20,39,42H,1-6H3. The van der Waals surface area contributed by atoms with E-state index in [1.165, 1.54) is 0 Å². The number of methoxy groups -OCH3 is 6. The van der Waals surface area contributed by atoms with Gasteiger partial charge in [-0.2, -0.15) is 0 Å². The van der Waals surface area contributed by atoms with Gasteiger partial charge in [-0.15, -0.1) is 0 Å². The molecule has 2 N–H and O–H groups in total. The molecule has 8 bridgehead atoms. The normalized spacial score (nSPS) is 11.8. The van der Waals surface area contributed by atoms with Gasteiger partial charge < -0.3 is 38.4 Å². The average molecular weight is 643 g/mol. The number of hydrogen-bond donors (Lipinski definition) is 2. The maximum atomic E-state index is 5.87. The summed E-state index contributed by atoms with van der Waals surface area (Å²) in [7, 11) is 9.74. The molecule has 2 aromatic carbocycles. The number of aromatic amines is 2. The summed E-state index contributed by atoms with van der Waals surface area (Å²) in [5, 5.41) is 0. The van der Waals surface area contributed by atoms with Crippen LogP contribution in [0, 0.1) is 0 Å². The molecule has 0 saturated heterocycles. The smallest absolute Gasteiger partial charge is 0.134 e. The summed E-state index contributed by atoms with van der Waals surface area (Å²) >= 11 is 0. The molecule has 10 heteroatoms. The second-order valence-corrected chi connectivity index (χ2v) is 11.0. The Bertz CT molecular complexity index is 2070. The van der Waals surface area contributed by atoms with Crippen LogP contribution < -0.4 is 28.4 Å². The zero-order valence-electron chi connectivity index (χ0n) is 27.4. The van der Waals surface area contributed by atoms with Gasteiger partial charge in [0.1, 0.15) is 34.5 Å². The number of benzene rings is 2. The summed E-state index contributed by atoms with van der Waals surface area (Å²) in [5.41, 5.74) is 9.50. The molecule has 5 aromatic rings. The van der Waals surface area contributed by atoms with Crippen LogP contribution in [0.5, 0.6) is 34.5 Å². The number of rotatable bonds is 8. The van der Waals surface area contributed by atoms with Crippen molar-refractivity contribution in [3.63, 3.8) is 0 Å². The van der Waals surface area contributed by atoms with Crippen LogP contribution in [-0.2, 0) is 0 Å². The van der Waals surface area contributed by atoms with E-state index >= 15 is 0 Å². The Kier molecular flexibility index (Phi) is 7.98. The second-order valence-electron chi connectivity index (χ2n) is 11.0. The van der Waals surface area contributed by atoms with E-state index in [1.54, 1.807) is 42.7 Å². The Labute approximate surface area is 277 Å². The first kappa shape index (κ1) is 30.5. The molecule has 2 aliphatic heterocycles. The fraction of sp³-hybridized carbons (Fsp3) is 0.158. The zero-order chi connectivity index (χ0) is 33.4. The van der Waals surface area contributed by atoms with Crippen LogP contribution in [0.2, 0.25) is 0 Å². The summed E-state index contributed by atoms with van der Waals surface area (Å²) in [6.07, 6.45) is 7.95. The van der Waals surface area contributed by atoms with Crippen molar-refractivity contribution in [3.05, 3.63) is 83.4 Å². The van der Waals surface area contributed by atoms with Crippen LogP contribution in [0.3, 0.4) is 0 Å². The van der Waals surface area contributed by atoms with E-state index in [1.807, 2.05) is 85.0 Å². The predicted molar refractivity (Wildman–Crippen MR) is 189 cm³/mol. The number of aromatic nitrogens is 4. The SMILES string of the molecule is COc1cc(OC)c(-c2c3nc(cc4ccc([nH]4)c(-c4c(OC)cc(OC)cc4OC)c4nc(cc5ccc2[nH]5)C=C4)C=C3)c(OC)c1. The first-order chi connectivity index (χ1) is 23.5. The number of H-pyrrole nitrogens is 2. The zero-order valence-corrected chi connectivity index (χ0v) is 27.4. The lowest BCUT2D eigenvalue weighted by Crippen LogP contribution is -1.97. The highest BCUT2D eigenvalue weighted by Crippen LogP contribution is 2.46. The Morgan fingerprint density at radius 3 is 1.12 bits per heavy atom. The van der Waals surface area contributed by atoms with Gasteiger partial charge >= 0.3 is 0 Å². The second kappa shape index (κ2) is 12.6. The third-order valence-corrected chi connectivity index (χ3v) is 8.33. The molecule has 0 spiro atoms. The third-order valence-electron chi connectivity index (χ3n) is 8.33. The van der Waals surface area contributed by atoms with Crippen LogP contribution in [0.1, 0.15) is 22.8 Å². The van der Waals surface area contributed by atoms with Crippen molar-refractivity contribution in [1.29, 1.82) is 0 Å². The maximum absolute atomic E-state index is 5.87. The molecule has 48 heavy (non-hydrogen) atoms. The lowest BCUT2D eigenvalue weighted by molar-refractivity contribution is 0.377. The van der Waals surface area contributed by atoms with Crippen molar-refractivity contribution >= 4 is 46.4 Å². The highest BCUT2D eigenvalue weighted by molar-refractivity contribution is 5.97. The molecular formula is C38H34N4O6. The molecule has 0 amide bonds. The van der Waals surface area contributed by atoms with E-state index in [-0.39, 0.29) is 0 Å². The van der Waals surface area contributed by atoms with Gasteiger partial charge in [0.25, 0.3) is 0 Å². The summed E-state index contributed by atoms with van der Waals surface area (Å²) in [6, 6.07) is 19.4. The van der Waals surface area contributed by atoms with Crippen molar-refractivity contribution in [3.8, 4) is 56.8 Å². The third kappa shape index (κ3) is 5.37. The van der Waals surface area contributed by atoms with Gasteiger partial charge in [-0.05, 0) is 60.7 Å². The molecule has 7 rings (SSSR count). The minimum absolute atomic E-state index is 0.591. The molecule has 242 valence electrons. The summed E-state index contributed by atoms with van der Waals surface area (Å²) in [5.74, 6) is 3.60. The van der Waals surface area contributed by atoms with Crippen molar-refractivity contribution in [2.24, 2.45) is 0 Å². The van der Waals surface area contributed by atoms with Crippen molar-refractivity contribution < 1.29 is 28.4 Å². The van der Waals surface area contributed by atoms with E-state index < -0.39 is 0 Å². The van der Waals surface area contributed by atoms with E-state index in [2.05, 4.69) is 9.97 Å². The number of hydrogen-bond acceptors (Lipinski definition) is 8. The van der Waals surface area contributed by atoms with Crippen LogP contribution in [0.15, 0.2) is 60.7 Å². The van der Waals surface area contributed by atoms with Gasteiger partial charge in [0.15, 0.2) is 0 Å². The Morgan fingerprint density at radius 1 is 0.417 bits per heavy atom. The highest BCUT2D eigenvalue weighted by atomic mass is 16.5. The lowest BCUT2D eigenvalue weighted by atomic mass is 10.0. The van der Waals surface area contributed by atoms with Crippen LogP contribution >= 0.6 is 0 Å². The van der Waals surface area contributed by atoms with E-state index in [9.17, 15) is 0 Å². The largest absolute Gasteiger partial charge is 0.496 e. The van der Waals surface area contributed by atoms with Crippen molar-refractivity contribution in [2.45, 2.75) is 0 Å². The van der Waals surface area contributed by atoms with Gasteiger partial charge in [-0.1, -0.05) is 0 Å². The predicted octanol–water partition coefficient (Wildman–Crippen LogP) is 8.04. The fourth-order valence-electron chi connectivity index (χ4n) is 6.10. The van der Waals surface area contributed by atoms with Gasteiger partial charge in [-0.3, -0.25) is 0 Å². The fourth-order valence-corrected chi connectivity index (χ4v) is 6.10. The van der Waals surface area contributed by atoms with E-state index in [4.69, 9.17) is 38.4 Å². The quantitative estimate of drug-likeness (QED) is 0.171. The molecule has 10 nitrogen and oxygen atoms in total. The van der Waals surface area contributed by atoms with E-state index in [0.29, 0.717) is 34.5 Å². The first-order valence-electron chi connectivity index (χ1n) is 15.2. The average Bonchev–Trinajstić information content (AvgIpc) is 3.95. The Balaban J connectivity index is 1.57. The number of nitrogens with one attached hydrogen (secondary N) is 2. The van der Waals surface area contributed by atoms with Gasteiger partial charge in [0, 0.05) is 57.5 Å². The van der Waals surface area contributed by atoms with Crippen molar-refractivity contribution in [2.75, 3.05) is 42.7 Å². The molecule has 0 saturated carbocycles. The minimum atomic E-state index is 0.591. The summed E-state index contributed by atoms with van der Waals surface area (Å²) < 4.78 is 34.5. The van der Waals surface area contributed by atoms with Crippen LogP contribution in [0.25, 0.3) is 68.6 Å². The molecular weight excluding hydrogens is 608 g/mol. The van der Waals surface area contributed by atoms with Gasteiger partial charge in [0.2, 0.25) is 0 Å². The van der Waals surface area contributed by atoms with Gasteiger partial charge in [0.05, 0.1) is 76.6 Å². The molecule has 0 radical (unpaired) electrons. The Morgan fingerprint density at radius 2 is 0.792 bits per heavy atom. The minimum Gasteiger partial charge on any atom is -0.496 e. The van der Waals surface area contributed by atoms with Crippen LogP contribution in [-0.4, -0.2) is 62.6 Å². The van der Waals surface area contributed by atoms with Gasteiger partial charge in [-0.25, -0.2) is 9.97 Å². The molecule has 0 atom stereocenters. The summed E-state index contributed by atoms with van der Waals surface area (Å²) in [4.78, 5) is 17.3. The topological polar surface area (TPSA) is 113 Å². The molecule has 3 aromatic heterocycles. The molecule has 0 fully saturated rings. The first-order valence-corrected chi connectivity index (χ1v) is 15.2. The molecule has 0 aliphatic carbocycles. The van der Waals surface area contributed by atoms with E-state index in [0.717, 1.165) is 67.1 Å². The Hall–Kier alpha value is -6.16. The number of fused-ring (bicyclic) bond motifs is 8. The molecule has 0 unspecified atom stereocenters. The van der Waals surface area contributed by atoms with Crippen LogP contribution in [0.4, 0.5) is 0 Å². The summed E-state index contributed by atoms with van der Waals surface area (Å²) in [6.45, 7) is 0. The monoisotopic (exact) mass is 642 g/mol. The lowest BCUT2D eigenvalue weighted by Gasteiger charge is -2.16. The maximum Gasteiger partial charge on any atom is 0.134 e.